The Labute approximate surface area is 117 Å². The normalized spacial score (nSPS) is 32.5. The molecule has 0 aromatic heterocycles. The molecule has 0 unspecified atom stereocenters. The largest absolute Gasteiger partial charge is 0.344 e. The second kappa shape index (κ2) is 6.71. The van der Waals surface area contributed by atoms with E-state index in [-0.39, 0.29) is 12.0 Å². The third-order valence-electron chi connectivity index (χ3n) is 4.83. The highest BCUT2D eigenvalue weighted by atomic mass is 16.2. The summed E-state index contributed by atoms with van der Waals surface area (Å²) in [6.07, 6.45) is 6.60. The molecular weight excluding hydrogens is 238 g/mol. The lowest BCUT2D eigenvalue weighted by Crippen LogP contribution is -2.44. The molecule has 3 atom stereocenters. The zero-order valence-corrected chi connectivity index (χ0v) is 12.5. The van der Waals surface area contributed by atoms with Crippen molar-refractivity contribution in [2.24, 2.45) is 11.7 Å². The first-order valence-electron chi connectivity index (χ1n) is 7.86. The van der Waals surface area contributed by atoms with Crippen LogP contribution in [0, 0.1) is 5.92 Å². The highest BCUT2D eigenvalue weighted by Crippen LogP contribution is 2.25. The second-order valence-corrected chi connectivity index (χ2v) is 6.27. The standard InChI is InChI=1S/C15H29N3O/c1-3-18-9-5-8-14(18)11-17(2)15(19)12-6-4-7-13(16)10-12/h12-14H,3-11,16H2,1-2H3/t12-,13+,14+/m0/s1. The van der Waals surface area contributed by atoms with Crippen molar-refractivity contribution in [1.82, 2.24) is 9.80 Å². The van der Waals surface area contributed by atoms with Gasteiger partial charge >= 0.3 is 0 Å². The molecule has 2 rings (SSSR count). The topological polar surface area (TPSA) is 49.6 Å². The van der Waals surface area contributed by atoms with E-state index < -0.39 is 0 Å². The van der Waals surface area contributed by atoms with Crippen molar-refractivity contribution in [2.75, 3.05) is 26.7 Å². The van der Waals surface area contributed by atoms with Crippen LogP contribution in [0.5, 0.6) is 0 Å². The molecule has 1 saturated heterocycles. The van der Waals surface area contributed by atoms with E-state index in [4.69, 9.17) is 5.73 Å². The molecule has 1 aliphatic carbocycles. The molecule has 2 fully saturated rings. The van der Waals surface area contributed by atoms with Gasteiger partial charge < -0.3 is 10.6 Å². The summed E-state index contributed by atoms with van der Waals surface area (Å²) in [4.78, 5) is 16.9. The van der Waals surface area contributed by atoms with E-state index in [1.807, 2.05) is 11.9 Å². The number of hydrogen-bond acceptors (Lipinski definition) is 3. The number of nitrogens with two attached hydrogens (primary N) is 1. The van der Waals surface area contributed by atoms with Crippen molar-refractivity contribution in [3.8, 4) is 0 Å². The molecule has 19 heavy (non-hydrogen) atoms. The van der Waals surface area contributed by atoms with E-state index in [1.54, 1.807) is 0 Å². The Morgan fingerprint density at radius 2 is 2.11 bits per heavy atom. The van der Waals surface area contributed by atoms with Crippen LogP contribution in [-0.2, 0) is 4.79 Å². The molecule has 0 aromatic carbocycles. The highest BCUT2D eigenvalue weighted by molar-refractivity contribution is 5.78. The SMILES string of the molecule is CCN1CCC[C@@H]1CN(C)C(=O)[C@H]1CCC[C@@H](N)C1. The van der Waals surface area contributed by atoms with Gasteiger partial charge in [-0.1, -0.05) is 13.3 Å². The maximum absolute atomic E-state index is 12.5. The van der Waals surface area contributed by atoms with Crippen molar-refractivity contribution in [3.05, 3.63) is 0 Å². The first-order chi connectivity index (χ1) is 9.11. The highest BCUT2D eigenvalue weighted by Gasteiger charge is 2.30. The molecular formula is C15H29N3O. The van der Waals surface area contributed by atoms with E-state index in [9.17, 15) is 4.79 Å². The number of rotatable bonds is 4. The molecule has 0 radical (unpaired) electrons. The fourth-order valence-corrected chi connectivity index (χ4v) is 3.69. The Bertz CT molecular complexity index is 308. The molecule has 0 bridgehead atoms. The van der Waals surface area contributed by atoms with Gasteiger partial charge in [-0.2, -0.15) is 0 Å². The van der Waals surface area contributed by atoms with Crippen LogP contribution in [0.2, 0.25) is 0 Å². The average molecular weight is 267 g/mol. The lowest BCUT2D eigenvalue weighted by atomic mass is 9.85. The molecule has 110 valence electrons. The average Bonchev–Trinajstić information content (AvgIpc) is 2.85. The monoisotopic (exact) mass is 267 g/mol. The van der Waals surface area contributed by atoms with Crippen LogP contribution in [0.1, 0.15) is 45.4 Å². The Balaban J connectivity index is 1.84. The number of nitrogens with zero attached hydrogens (tertiary/aromatic N) is 2. The predicted molar refractivity (Wildman–Crippen MR) is 77.8 cm³/mol. The third kappa shape index (κ3) is 3.69. The van der Waals surface area contributed by atoms with Gasteiger partial charge in [-0.25, -0.2) is 0 Å². The van der Waals surface area contributed by atoms with Crippen LogP contribution in [0.25, 0.3) is 0 Å². The van der Waals surface area contributed by atoms with Crippen molar-refractivity contribution >= 4 is 5.91 Å². The Kier molecular flexibility index (Phi) is 5.22. The van der Waals surface area contributed by atoms with Crippen LogP contribution in [-0.4, -0.2) is 54.5 Å². The molecule has 1 amide bonds. The van der Waals surface area contributed by atoms with Gasteiger partial charge in [-0.3, -0.25) is 9.69 Å². The predicted octanol–water partition coefficient (Wildman–Crippen LogP) is 1.45. The summed E-state index contributed by atoms with van der Waals surface area (Å²) in [6.45, 7) is 5.39. The van der Waals surface area contributed by atoms with Crippen LogP contribution in [0.3, 0.4) is 0 Å². The Hall–Kier alpha value is -0.610. The fourth-order valence-electron chi connectivity index (χ4n) is 3.69. The molecule has 1 heterocycles. The van der Waals surface area contributed by atoms with Crippen LogP contribution >= 0.6 is 0 Å². The Morgan fingerprint density at radius 1 is 1.32 bits per heavy atom. The number of carbonyl (C=O) groups is 1. The second-order valence-electron chi connectivity index (χ2n) is 6.27. The maximum Gasteiger partial charge on any atom is 0.225 e. The zero-order chi connectivity index (χ0) is 13.8. The summed E-state index contributed by atoms with van der Waals surface area (Å²) < 4.78 is 0. The van der Waals surface area contributed by atoms with Gasteiger partial charge in [0.1, 0.15) is 0 Å². The molecule has 4 nitrogen and oxygen atoms in total. The minimum absolute atomic E-state index is 0.172. The maximum atomic E-state index is 12.5. The minimum Gasteiger partial charge on any atom is -0.344 e. The number of amides is 1. The molecule has 2 aliphatic rings. The molecule has 4 heteroatoms. The molecule has 0 aromatic rings. The van der Waals surface area contributed by atoms with Gasteiger partial charge in [0.15, 0.2) is 0 Å². The molecule has 0 spiro atoms. The third-order valence-corrected chi connectivity index (χ3v) is 4.83. The summed E-state index contributed by atoms with van der Waals surface area (Å²) in [5.41, 5.74) is 5.99. The van der Waals surface area contributed by atoms with Crippen molar-refractivity contribution in [3.63, 3.8) is 0 Å². The van der Waals surface area contributed by atoms with E-state index in [1.165, 1.54) is 19.4 Å². The van der Waals surface area contributed by atoms with Crippen molar-refractivity contribution in [1.29, 1.82) is 0 Å². The first-order valence-corrected chi connectivity index (χ1v) is 7.86. The van der Waals surface area contributed by atoms with Gasteiger partial charge in [0.25, 0.3) is 0 Å². The van der Waals surface area contributed by atoms with Gasteiger partial charge in [-0.05, 0) is 45.2 Å². The molecule has 1 aliphatic heterocycles. The van der Waals surface area contributed by atoms with E-state index in [0.29, 0.717) is 11.9 Å². The Morgan fingerprint density at radius 3 is 2.79 bits per heavy atom. The van der Waals surface area contributed by atoms with E-state index >= 15 is 0 Å². The van der Waals surface area contributed by atoms with Crippen molar-refractivity contribution in [2.45, 2.75) is 57.5 Å². The van der Waals surface area contributed by atoms with Crippen LogP contribution in [0.4, 0.5) is 0 Å². The fraction of sp³-hybridized carbons (Fsp3) is 0.933. The van der Waals surface area contributed by atoms with Gasteiger partial charge in [-0.15, -0.1) is 0 Å². The number of likely N-dealkylation sites (tertiary alicyclic amines) is 1. The number of carbonyl (C=O) groups excluding carboxylic acids is 1. The minimum atomic E-state index is 0.172. The zero-order valence-electron chi connectivity index (χ0n) is 12.5. The summed E-state index contributed by atoms with van der Waals surface area (Å²) in [5, 5.41) is 0. The van der Waals surface area contributed by atoms with E-state index in [0.717, 1.165) is 38.8 Å². The van der Waals surface area contributed by atoms with Gasteiger partial charge in [0.2, 0.25) is 5.91 Å². The van der Waals surface area contributed by atoms with Gasteiger partial charge in [0.05, 0.1) is 0 Å². The first kappa shape index (κ1) is 14.8. The number of hydrogen-bond donors (Lipinski definition) is 1. The number of likely N-dealkylation sites (N-methyl/N-ethyl adjacent to an activating group) is 2. The summed E-state index contributed by atoms with van der Waals surface area (Å²) >= 11 is 0. The smallest absolute Gasteiger partial charge is 0.225 e. The van der Waals surface area contributed by atoms with Crippen LogP contribution in [0.15, 0.2) is 0 Å². The quantitative estimate of drug-likeness (QED) is 0.838. The summed E-state index contributed by atoms with van der Waals surface area (Å²) in [5.74, 6) is 0.489. The lowest BCUT2D eigenvalue weighted by molar-refractivity contribution is -0.136. The van der Waals surface area contributed by atoms with Crippen LogP contribution < -0.4 is 5.73 Å². The van der Waals surface area contributed by atoms with E-state index in [2.05, 4.69) is 11.8 Å². The summed E-state index contributed by atoms with van der Waals surface area (Å²) in [7, 11) is 1.97. The summed E-state index contributed by atoms with van der Waals surface area (Å²) in [6, 6.07) is 0.797. The van der Waals surface area contributed by atoms with Crippen molar-refractivity contribution < 1.29 is 4.79 Å². The molecule has 1 saturated carbocycles. The lowest BCUT2D eigenvalue weighted by Gasteiger charge is -2.32. The van der Waals surface area contributed by atoms with Gasteiger partial charge in [0, 0.05) is 31.6 Å². The molecule has 2 N–H and O–H groups in total.